The Morgan fingerprint density at radius 3 is 2.91 bits per heavy atom. The van der Waals surface area contributed by atoms with Crippen molar-refractivity contribution in [1.82, 2.24) is 10.2 Å². The summed E-state index contributed by atoms with van der Waals surface area (Å²) >= 11 is 1.81. The minimum absolute atomic E-state index is 0.705. The standard InChI is InChI=1S/C17H30N4S/c1-5-16(20-6-2)10-15-8-7-9-21(12-15)13-17(11-18-3)22-14-19-4/h5-6,11,15,19H,3,7-10,12-14H2,1-2,4H3/b16-5-,17-11-,20-6?. The van der Waals surface area contributed by atoms with E-state index in [1.807, 2.05) is 38.1 Å². The molecule has 1 fully saturated rings. The fourth-order valence-corrected chi connectivity index (χ4v) is 3.53. The van der Waals surface area contributed by atoms with E-state index < -0.39 is 0 Å². The second kappa shape index (κ2) is 11.6. The number of likely N-dealkylation sites (tertiary alicyclic amines) is 1. The molecule has 1 atom stereocenters. The first-order chi connectivity index (χ1) is 10.7. The van der Waals surface area contributed by atoms with E-state index in [0.29, 0.717) is 5.92 Å². The van der Waals surface area contributed by atoms with Crippen LogP contribution in [0.4, 0.5) is 0 Å². The molecule has 1 aliphatic rings. The molecule has 0 amide bonds. The van der Waals surface area contributed by atoms with Gasteiger partial charge in [-0.2, -0.15) is 0 Å². The molecule has 1 saturated heterocycles. The maximum Gasteiger partial charge on any atom is 0.0461 e. The van der Waals surface area contributed by atoms with Gasteiger partial charge in [0.15, 0.2) is 0 Å². The number of piperidine rings is 1. The number of hydrogen-bond acceptors (Lipinski definition) is 5. The molecular weight excluding hydrogens is 292 g/mol. The number of nitrogens with one attached hydrogen (secondary N) is 1. The van der Waals surface area contributed by atoms with Crippen molar-refractivity contribution in [3.8, 4) is 0 Å². The van der Waals surface area contributed by atoms with Crippen LogP contribution in [0.3, 0.4) is 0 Å². The van der Waals surface area contributed by atoms with Gasteiger partial charge in [0, 0.05) is 42.0 Å². The lowest BCUT2D eigenvalue weighted by Crippen LogP contribution is -2.36. The molecule has 0 saturated carbocycles. The molecule has 1 rings (SSSR count). The predicted molar refractivity (Wildman–Crippen MR) is 101 cm³/mol. The first-order valence-electron chi connectivity index (χ1n) is 8.02. The van der Waals surface area contributed by atoms with Crippen LogP contribution in [0, 0.1) is 5.92 Å². The second-order valence-electron chi connectivity index (χ2n) is 5.54. The first kappa shape index (κ1) is 19.1. The van der Waals surface area contributed by atoms with Gasteiger partial charge in [0.25, 0.3) is 0 Å². The number of allylic oxidation sites excluding steroid dienone is 2. The summed E-state index contributed by atoms with van der Waals surface area (Å²) < 4.78 is 0. The van der Waals surface area contributed by atoms with Crippen molar-refractivity contribution in [3.05, 3.63) is 22.9 Å². The number of aliphatic imine (C=N–C) groups is 2. The molecule has 0 spiro atoms. The van der Waals surface area contributed by atoms with Gasteiger partial charge in [-0.1, -0.05) is 6.08 Å². The lowest BCUT2D eigenvalue weighted by molar-refractivity contribution is 0.189. The zero-order valence-corrected chi connectivity index (χ0v) is 15.0. The number of rotatable bonds is 9. The van der Waals surface area contributed by atoms with Crippen molar-refractivity contribution >= 4 is 24.7 Å². The molecule has 1 unspecified atom stereocenters. The van der Waals surface area contributed by atoms with Crippen LogP contribution in [0.1, 0.15) is 33.1 Å². The Hall–Kier alpha value is -0.910. The molecule has 0 aromatic heterocycles. The minimum atomic E-state index is 0.705. The summed E-state index contributed by atoms with van der Waals surface area (Å²) in [6.07, 6.45) is 9.57. The zero-order chi connectivity index (χ0) is 16.2. The van der Waals surface area contributed by atoms with Crippen LogP contribution in [0.5, 0.6) is 0 Å². The van der Waals surface area contributed by atoms with Crippen molar-refractivity contribution in [2.45, 2.75) is 33.1 Å². The van der Waals surface area contributed by atoms with E-state index in [1.54, 1.807) is 0 Å². The molecule has 5 heteroatoms. The van der Waals surface area contributed by atoms with Crippen LogP contribution >= 0.6 is 11.8 Å². The normalized spacial score (nSPS) is 21.5. The molecule has 0 radical (unpaired) electrons. The summed E-state index contributed by atoms with van der Waals surface area (Å²) in [6, 6.07) is 0. The average molecular weight is 323 g/mol. The Bertz CT molecular complexity index is 415. The number of nitrogens with zero attached hydrogens (tertiary/aromatic N) is 3. The molecule has 22 heavy (non-hydrogen) atoms. The van der Waals surface area contributed by atoms with Gasteiger partial charge in [-0.3, -0.25) is 14.9 Å². The van der Waals surface area contributed by atoms with Gasteiger partial charge in [0.05, 0.1) is 0 Å². The van der Waals surface area contributed by atoms with E-state index in [9.17, 15) is 0 Å². The van der Waals surface area contributed by atoms with Gasteiger partial charge in [0.1, 0.15) is 0 Å². The van der Waals surface area contributed by atoms with Crippen molar-refractivity contribution in [2.75, 3.05) is 32.6 Å². The highest BCUT2D eigenvalue weighted by Crippen LogP contribution is 2.25. The van der Waals surface area contributed by atoms with E-state index in [0.717, 1.165) is 25.4 Å². The van der Waals surface area contributed by atoms with Crippen LogP contribution in [-0.2, 0) is 0 Å². The smallest absolute Gasteiger partial charge is 0.0461 e. The van der Waals surface area contributed by atoms with Gasteiger partial charge < -0.3 is 5.32 Å². The maximum absolute atomic E-state index is 4.46. The molecule has 0 aromatic rings. The van der Waals surface area contributed by atoms with Gasteiger partial charge in [-0.05, 0) is 59.3 Å². The highest BCUT2D eigenvalue weighted by molar-refractivity contribution is 8.03. The summed E-state index contributed by atoms with van der Waals surface area (Å²) in [5.74, 6) is 1.61. The molecule has 0 aromatic carbocycles. The molecular formula is C17H30N4S. The van der Waals surface area contributed by atoms with Crippen LogP contribution in [0.25, 0.3) is 0 Å². The summed E-state index contributed by atoms with van der Waals surface area (Å²) in [6.45, 7) is 10.9. The lowest BCUT2D eigenvalue weighted by Gasteiger charge is -2.33. The average Bonchev–Trinajstić information content (AvgIpc) is 2.52. The van der Waals surface area contributed by atoms with Crippen molar-refractivity contribution in [2.24, 2.45) is 15.9 Å². The third-order valence-electron chi connectivity index (χ3n) is 3.75. The summed E-state index contributed by atoms with van der Waals surface area (Å²) in [7, 11) is 1.97. The third kappa shape index (κ3) is 7.38. The summed E-state index contributed by atoms with van der Waals surface area (Å²) in [5, 5.41) is 3.17. The SMILES string of the molecule is C=N/C=C(/CN1CCCC(C/C(=C/C)N=CC)C1)SCNC. The molecule has 0 bridgehead atoms. The van der Waals surface area contributed by atoms with Gasteiger partial charge >= 0.3 is 0 Å². The lowest BCUT2D eigenvalue weighted by atomic mass is 9.93. The Kier molecular flexibility index (Phi) is 10.1. The molecule has 1 N–H and O–H groups in total. The quantitative estimate of drug-likeness (QED) is 0.521. The molecule has 4 nitrogen and oxygen atoms in total. The third-order valence-corrected chi connectivity index (χ3v) is 4.78. The summed E-state index contributed by atoms with van der Waals surface area (Å²) in [5.41, 5.74) is 1.21. The monoisotopic (exact) mass is 322 g/mol. The summed E-state index contributed by atoms with van der Waals surface area (Å²) in [4.78, 5) is 12.2. The minimum Gasteiger partial charge on any atom is -0.311 e. The van der Waals surface area contributed by atoms with Gasteiger partial charge in [-0.25, -0.2) is 0 Å². The molecule has 1 heterocycles. The zero-order valence-electron chi connectivity index (χ0n) is 14.2. The number of hydrogen-bond donors (Lipinski definition) is 1. The highest BCUT2D eigenvalue weighted by atomic mass is 32.2. The van der Waals surface area contributed by atoms with Crippen molar-refractivity contribution in [3.63, 3.8) is 0 Å². The Labute approximate surface area is 139 Å². The van der Waals surface area contributed by atoms with Crippen molar-refractivity contribution < 1.29 is 0 Å². The van der Waals surface area contributed by atoms with Crippen LogP contribution in [0.15, 0.2) is 32.9 Å². The van der Waals surface area contributed by atoms with Crippen LogP contribution in [0.2, 0.25) is 0 Å². The fraction of sp³-hybridized carbons (Fsp3) is 0.647. The van der Waals surface area contributed by atoms with E-state index in [-0.39, 0.29) is 0 Å². The van der Waals surface area contributed by atoms with E-state index in [2.05, 4.69) is 39.9 Å². The van der Waals surface area contributed by atoms with Crippen LogP contribution in [-0.4, -0.2) is 50.4 Å². The molecule has 124 valence electrons. The Morgan fingerprint density at radius 1 is 1.45 bits per heavy atom. The molecule has 0 aliphatic carbocycles. The largest absolute Gasteiger partial charge is 0.311 e. The fourth-order valence-electron chi connectivity index (χ4n) is 2.78. The Morgan fingerprint density at radius 2 is 2.27 bits per heavy atom. The van der Waals surface area contributed by atoms with E-state index in [1.165, 1.54) is 30.0 Å². The van der Waals surface area contributed by atoms with E-state index in [4.69, 9.17) is 0 Å². The Balaban J connectivity index is 2.54. The van der Waals surface area contributed by atoms with E-state index >= 15 is 0 Å². The van der Waals surface area contributed by atoms with Gasteiger partial charge in [0.2, 0.25) is 0 Å². The second-order valence-corrected chi connectivity index (χ2v) is 6.64. The first-order valence-corrected chi connectivity index (χ1v) is 9.00. The van der Waals surface area contributed by atoms with Crippen LogP contribution < -0.4 is 5.32 Å². The highest BCUT2D eigenvalue weighted by Gasteiger charge is 2.21. The molecule has 1 aliphatic heterocycles. The number of thioether (sulfide) groups is 1. The maximum atomic E-state index is 4.46. The van der Waals surface area contributed by atoms with Gasteiger partial charge in [-0.15, -0.1) is 11.8 Å². The predicted octanol–water partition coefficient (Wildman–Crippen LogP) is 3.54. The topological polar surface area (TPSA) is 40.0 Å². The van der Waals surface area contributed by atoms with Crippen molar-refractivity contribution in [1.29, 1.82) is 0 Å².